The highest BCUT2D eigenvalue weighted by molar-refractivity contribution is 8.13. The summed E-state index contributed by atoms with van der Waals surface area (Å²) >= 11 is 1.68. The maximum absolute atomic E-state index is 4.20. The van der Waals surface area contributed by atoms with Gasteiger partial charge in [-0.1, -0.05) is 11.8 Å². The van der Waals surface area contributed by atoms with Crippen molar-refractivity contribution < 1.29 is 0 Å². The molecule has 46 valence electrons. The van der Waals surface area contributed by atoms with Crippen molar-refractivity contribution in [3.63, 3.8) is 0 Å². The number of hydrogen-bond acceptors (Lipinski definition) is 3. The number of amidine groups is 1. The summed E-state index contributed by atoms with van der Waals surface area (Å²) in [6.07, 6.45) is 2.03. The van der Waals surface area contributed by atoms with Gasteiger partial charge < -0.3 is 5.32 Å². The zero-order chi connectivity index (χ0) is 5.98. The Kier molecular flexibility index (Phi) is 1.78. The van der Waals surface area contributed by atoms with Crippen LogP contribution in [-0.2, 0) is 0 Å². The average molecular weight is 130 g/mol. The Labute approximate surface area is 53.8 Å². The summed E-state index contributed by atoms with van der Waals surface area (Å²) in [5, 5.41) is 4.30. The first-order valence-corrected chi connectivity index (χ1v) is 3.90. The number of rotatable bonds is 0. The Morgan fingerprint density at radius 1 is 1.88 bits per heavy atom. The van der Waals surface area contributed by atoms with Gasteiger partial charge in [-0.2, -0.15) is 0 Å². The molecule has 0 saturated carbocycles. The van der Waals surface area contributed by atoms with Gasteiger partial charge in [0, 0.05) is 6.04 Å². The topological polar surface area (TPSA) is 24.4 Å². The van der Waals surface area contributed by atoms with Gasteiger partial charge in [0.05, 0.1) is 6.54 Å². The summed E-state index contributed by atoms with van der Waals surface area (Å²) < 4.78 is 0. The van der Waals surface area contributed by atoms with E-state index in [1.54, 1.807) is 11.8 Å². The van der Waals surface area contributed by atoms with E-state index < -0.39 is 0 Å². The summed E-state index contributed by atoms with van der Waals surface area (Å²) in [6, 6.07) is 0.553. The monoisotopic (exact) mass is 130 g/mol. The van der Waals surface area contributed by atoms with Crippen LogP contribution < -0.4 is 5.32 Å². The molecular formula is C5H10N2S. The molecule has 0 aromatic rings. The fourth-order valence-corrected chi connectivity index (χ4v) is 1.17. The fraction of sp³-hybridized carbons (Fsp3) is 0.800. The van der Waals surface area contributed by atoms with Crippen molar-refractivity contribution in [2.45, 2.75) is 13.0 Å². The lowest BCUT2D eigenvalue weighted by atomic mass is 10.4. The van der Waals surface area contributed by atoms with Crippen LogP contribution in [0.3, 0.4) is 0 Å². The van der Waals surface area contributed by atoms with Gasteiger partial charge in [0.25, 0.3) is 0 Å². The highest BCUT2D eigenvalue weighted by Gasteiger charge is 2.09. The molecule has 1 rings (SSSR count). The third kappa shape index (κ3) is 1.15. The van der Waals surface area contributed by atoms with Crippen LogP contribution in [0.1, 0.15) is 6.92 Å². The number of nitrogens with zero attached hydrogens (tertiary/aromatic N) is 1. The summed E-state index contributed by atoms with van der Waals surface area (Å²) in [7, 11) is 0. The minimum absolute atomic E-state index is 0.553. The van der Waals surface area contributed by atoms with Crippen LogP contribution in [-0.4, -0.2) is 24.0 Å². The fourth-order valence-electron chi connectivity index (χ4n) is 0.645. The molecule has 0 fully saturated rings. The van der Waals surface area contributed by atoms with E-state index in [1.807, 2.05) is 6.26 Å². The molecule has 0 aromatic carbocycles. The Morgan fingerprint density at radius 3 is 2.88 bits per heavy atom. The Balaban J connectivity index is 2.37. The lowest BCUT2D eigenvalue weighted by Gasteiger charge is -2.00. The standard InChI is InChI=1S/C5H10N2S/c1-4-3-6-5(7-4)8-2/h4H,3H2,1-2H3,(H,6,7). The lowest BCUT2D eigenvalue weighted by Crippen LogP contribution is -2.24. The van der Waals surface area contributed by atoms with Gasteiger partial charge in [-0.3, -0.25) is 4.99 Å². The first kappa shape index (κ1) is 5.95. The van der Waals surface area contributed by atoms with E-state index in [0.717, 1.165) is 11.7 Å². The van der Waals surface area contributed by atoms with Gasteiger partial charge in [0.15, 0.2) is 5.17 Å². The third-order valence-electron chi connectivity index (χ3n) is 1.07. The lowest BCUT2D eigenvalue weighted by molar-refractivity contribution is 0.728. The smallest absolute Gasteiger partial charge is 0.156 e. The van der Waals surface area contributed by atoms with Crippen LogP contribution in [0.15, 0.2) is 4.99 Å². The molecule has 0 amide bonds. The highest BCUT2D eigenvalue weighted by Crippen LogP contribution is 2.02. The molecule has 8 heavy (non-hydrogen) atoms. The Hall–Kier alpha value is -0.180. The molecule has 2 nitrogen and oxygen atoms in total. The quantitative estimate of drug-likeness (QED) is 0.522. The van der Waals surface area contributed by atoms with Crippen LogP contribution in [0.25, 0.3) is 0 Å². The van der Waals surface area contributed by atoms with E-state index in [0.29, 0.717) is 6.04 Å². The molecule has 1 atom stereocenters. The molecule has 0 bridgehead atoms. The summed E-state index contributed by atoms with van der Waals surface area (Å²) in [5.41, 5.74) is 0. The first-order chi connectivity index (χ1) is 3.83. The maximum atomic E-state index is 4.20. The second kappa shape index (κ2) is 2.40. The largest absolute Gasteiger partial charge is 0.361 e. The third-order valence-corrected chi connectivity index (χ3v) is 1.71. The number of hydrogen-bond donors (Lipinski definition) is 1. The molecule has 1 unspecified atom stereocenters. The van der Waals surface area contributed by atoms with Crippen molar-refractivity contribution in [3.05, 3.63) is 0 Å². The molecule has 1 aliphatic heterocycles. The molecule has 0 aromatic heterocycles. The van der Waals surface area contributed by atoms with E-state index in [1.165, 1.54) is 0 Å². The van der Waals surface area contributed by atoms with Crippen LogP contribution in [0.2, 0.25) is 0 Å². The second-order valence-corrected chi connectivity index (χ2v) is 2.69. The van der Waals surface area contributed by atoms with Gasteiger partial charge in [0.2, 0.25) is 0 Å². The Morgan fingerprint density at radius 2 is 2.62 bits per heavy atom. The van der Waals surface area contributed by atoms with E-state index in [-0.39, 0.29) is 0 Å². The van der Waals surface area contributed by atoms with Gasteiger partial charge in [-0.25, -0.2) is 0 Å². The minimum Gasteiger partial charge on any atom is -0.361 e. The Bertz CT molecular complexity index is 111. The van der Waals surface area contributed by atoms with Crippen LogP contribution >= 0.6 is 11.8 Å². The van der Waals surface area contributed by atoms with Crippen molar-refractivity contribution in [3.8, 4) is 0 Å². The molecule has 0 radical (unpaired) electrons. The maximum Gasteiger partial charge on any atom is 0.156 e. The van der Waals surface area contributed by atoms with Crippen molar-refractivity contribution in [2.24, 2.45) is 4.99 Å². The van der Waals surface area contributed by atoms with Gasteiger partial charge in [0.1, 0.15) is 0 Å². The molecular weight excluding hydrogens is 120 g/mol. The van der Waals surface area contributed by atoms with Crippen molar-refractivity contribution in [1.29, 1.82) is 0 Å². The molecule has 0 spiro atoms. The van der Waals surface area contributed by atoms with Crippen molar-refractivity contribution in [1.82, 2.24) is 5.32 Å². The molecule has 1 heterocycles. The summed E-state index contributed by atoms with van der Waals surface area (Å²) in [5.74, 6) is 0. The molecule has 0 saturated heterocycles. The second-order valence-electron chi connectivity index (χ2n) is 1.90. The zero-order valence-electron chi connectivity index (χ0n) is 5.14. The van der Waals surface area contributed by atoms with Gasteiger partial charge in [-0.05, 0) is 13.2 Å². The predicted molar refractivity (Wildman–Crippen MR) is 38.4 cm³/mol. The molecule has 1 N–H and O–H groups in total. The van der Waals surface area contributed by atoms with Crippen LogP contribution in [0, 0.1) is 0 Å². The van der Waals surface area contributed by atoms with E-state index >= 15 is 0 Å². The molecule has 0 aliphatic carbocycles. The van der Waals surface area contributed by atoms with Crippen LogP contribution in [0.4, 0.5) is 0 Å². The average Bonchev–Trinajstić information content (AvgIpc) is 2.14. The number of thioether (sulfide) groups is 1. The molecule has 3 heteroatoms. The summed E-state index contributed by atoms with van der Waals surface area (Å²) in [4.78, 5) is 4.20. The SMILES string of the molecule is CSC1=NCC(C)N1. The highest BCUT2D eigenvalue weighted by atomic mass is 32.2. The van der Waals surface area contributed by atoms with E-state index in [4.69, 9.17) is 0 Å². The first-order valence-electron chi connectivity index (χ1n) is 2.68. The molecule has 1 aliphatic rings. The zero-order valence-corrected chi connectivity index (χ0v) is 5.96. The van der Waals surface area contributed by atoms with Crippen LogP contribution in [0.5, 0.6) is 0 Å². The normalized spacial score (nSPS) is 27.2. The minimum atomic E-state index is 0.553. The number of aliphatic imine (C=N–C) groups is 1. The van der Waals surface area contributed by atoms with E-state index in [2.05, 4.69) is 17.2 Å². The number of nitrogens with one attached hydrogen (secondary N) is 1. The predicted octanol–water partition coefficient (Wildman–Crippen LogP) is 0.697. The van der Waals surface area contributed by atoms with Crippen molar-refractivity contribution in [2.75, 3.05) is 12.8 Å². The van der Waals surface area contributed by atoms with Gasteiger partial charge >= 0.3 is 0 Å². The van der Waals surface area contributed by atoms with Crippen molar-refractivity contribution >= 4 is 16.9 Å². The van der Waals surface area contributed by atoms with Gasteiger partial charge in [-0.15, -0.1) is 0 Å². The summed E-state index contributed by atoms with van der Waals surface area (Å²) in [6.45, 7) is 3.07. The van der Waals surface area contributed by atoms with E-state index in [9.17, 15) is 0 Å².